The molecule has 0 saturated carbocycles. The summed E-state index contributed by atoms with van der Waals surface area (Å²) >= 11 is 0. The molecule has 1 saturated heterocycles. The van der Waals surface area contributed by atoms with Gasteiger partial charge in [-0.2, -0.15) is 0 Å². The summed E-state index contributed by atoms with van der Waals surface area (Å²) in [5.41, 5.74) is -1.23. The number of nitrogens with zero attached hydrogens (tertiary/aromatic N) is 1. The highest BCUT2D eigenvalue weighted by molar-refractivity contribution is 5.70. The minimum atomic E-state index is -1.04. The maximum absolute atomic E-state index is 12.1. The van der Waals surface area contributed by atoms with Crippen LogP contribution < -0.4 is 0 Å². The summed E-state index contributed by atoms with van der Waals surface area (Å²) in [6.07, 6.45) is 2.53. The van der Waals surface area contributed by atoms with Crippen LogP contribution in [0.25, 0.3) is 0 Å². The second-order valence-corrected chi connectivity index (χ2v) is 7.12. The van der Waals surface area contributed by atoms with E-state index in [2.05, 4.69) is 32.6 Å². The Morgan fingerprint density at radius 3 is 2.61 bits per heavy atom. The second-order valence-electron chi connectivity index (χ2n) is 7.12. The van der Waals surface area contributed by atoms with Crippen molar-refractivity contribution in [2.45, 2.75) is 71.5 Å². The third-order valence-electron chi connectivity index (χ3n) is 5.29. The van der Waals surface area contributed by atoms with Crippen molar-refractivity contribution in [2.75, 3.05) is 32.8 Å². The third-order valence-corrected chi connectivity index (χ3v) is 5.29. The van der Waals surface area contributed by atoms with Crippen LogP contribution in [0.15, 0.2) is 0 Å². The molecule has 1 aliphatic rings. The van der Waals surface area contributed by atoms with Crippen LogP contribution in [0.2, 0.25) is 0 Å². The van der Waals surface area contributed by atoms with Gasteiger partial charge < -0.3 is 19.5 Å². The molecular weight excluding hydrogens is 294 g/mol. The van der Waals surface area contributed by atoms with E-state index in [4.69, 9.17) is 9.47 Å². The Balaban J connectivity index is 2.45. The van der Waals surface area contributed by atoms with E-state index in [1.807, 2.05) is 0 Å². The summed E-state index contributed by atoms with van der Waals surface area (Å²) in [6.45, 7) is 13.8. The molecule has 0 aromatic carbocycles. The van der Waals surface area contributed by atoms with Gasteiger partial charge in [0, 0.05) is 13.2 Å². The van der Waals surface area contributed by atoms with Crippen molar-refractivity contribution < 1.29 is 19.4 Å². The lowest BCUT2D eigenvalue weighted by Gasteiger charge is -2.43. The first kappa shape index (κ1) is 20.4. The first-order chi connectivity index (χ1) is 10.8. The van der Waals surface area contributed by atoms with E-state index in [1.165, 1.54) is 0 Å². The Hall–Kier alpha value is -0.650. The quantitative estimate of drug-likeness (QED) is 0.659. The minimum absolute atomic E-state index is 0.0513. The lowest BCUT2D eigenvalue weighted by Crippen LogP contribution is -2.46. The number of hydrogen-bond donors (Lipinski definition) is 1. The highest BCUT2D eigenvalue weighted by atomic mass is 16.5. The number of esters is 1. The summed E-state index contributed by atoms with van der Waals surface area (Å²) in [4.78, 5) is 14.3. The summed E-state index contributed by atoms with van der Waals surface area (Å²) in [7, 11) is 0. The molecule has 1 aliphatic heterocycles. The molecule has 1 fully saturated rings. The molecule has 5 heteroatoms. The monoisotopic (exact) mass is 329 g/mol. The van der Waals surface area contributed by atoms with Gasteiger partial charge >= 0.3 is 5.97 Å². The molecule has 136 valence electrons. The summed E-state index contributed by atoms with van der Waals surface area (Å²) in [5, 5.41) is 10.8. The van der Waals surface area contributed by atoms with Crippen LogP contribution in [-0.2, 0) is 14.3 Å². The molecular formula is C18H35NO4. The van der Waals surface area contributed by atoms with Crippen molar-refractivity contribution in [1.82, 2.24) is 4.90 Å². The fourth-order valence-electron chi connectivity index (χ4n) is 3.22. The molecule has 23 heavy (non-hydrogen) atoms. The lowest BCUT2D eigenvalue weighted by molar-refractivity contribution is -0.160. The van der Waals surface area contributed by atoms with Crippen molar-refractivity contribution in [3.05, 3.63) is 0 Å². The highest BCUT2D eigenvalue weighted by Gasteiger charge is 2.42. The zero-order valence-corrected chi connectivity index (χ0v) is 15.6. The van der Waals surface area contributed by atoms with Gasteiger partial charge in [-0.3, -0.25) is 4.79 Å². The van der Waals surface area contributed by atoms with Crippen LogP contribution in [0, 0.1) is 5.92 Å². The normalized spacial score (nSPS) is 27.7. The highest BCUT2D eigenvalue weighted by Crippen LogP contribution is 2.38. The number of hydrogen-bond acceptors (Lipinski definition) is 5. The van der Waals surface area contributed by atoms with Gasteiger partial charge in [0.25, 0.3) is 0 Å². The van der Waals surface area contributed by atoms with Crippen LogP contribution >= 0.6 is 0 Å². The van der Waals surface area contributed by atoms with Crippen molar-refractivity contribution >= 4 is 5.97 Å². The smallest absolute Gasteiger partial charge is 0.308 e. The van der Waals surface area contributed by atoms with Crippen LogP contribution in [0.5, 0.6) is 0 Å². The molecule has 3 unspecified atom stereocenters. The van der Waals surface area contributed by atoms with Crippen molar-refractivity contribution in [3.63, 3.8) is 0 Å². The maximum Gasteiger partial charge on any atom is 0.308 e. The van der Waals surface area contributed by atoms with Gasteiger partial charge in [-0.25, -0.2) is 0 Å². The molecule has 0 aromatic heterocycles. The SMILES string of the molecule is CCN(CC)CCOC(=O)CC(C)(O)C1CCOC(C)(CC)C1. The molecule has 0 bridgehead atoms. The molecule has 5 nitrogen and oxygen atoms in total. The predicted octanol–water partition coefficient (Wildman–Crippen LogP) is 2.61. The van der Waals surface area contributed by atoms with Gasteiger partial charge in [0.2, 0.25) is 0 Å². The molecule has 1 rings (SSSR count). The topological polar surface area (TPSA) is 59.0 Å². The summed E-state index contributed by atoms with van der Waals surface area (Å²) in [5.74, 6) is -0.247. The fraction of sp³-hybridized carbons (Fsp3) is 0.944. The van der Waals surface area contributed by atoms with E-state index in [1.54, 1.807) is 6.92 Å². The number of aliphatic hydroxyl groups is 1. The number of rotatable bonds is 9. The van der Waals surface area contributed by atoms with Gasteiger partial charge in [-0.15, -0.1) is 0 Å². The zero-order valence-electron chi connectivity index (χ0n) is 15.6. The summed E-state index contributed by atoms with van der Waals surface area (Å²) in [6, 6.07) is 0. The van der Waals surface area contributed by atoms with Gasteiger partial charge in [0.05, 0.1) is 17.6 Å². The lowest BCUT2D eigenvalue weighted by atomic mass is 9.75. The number of carbonyl (C=O) groups is 1. The van der Waals surface area contributed by atoms with Gasteiger partial charge in [0.1, 0.15) is 6.61 Å². The van der Waals surface area contributed by atoms with Crippen molar-refractivity contribution in [3.8, 4) is 0 Å². The standard InChI is InChI=1S/C18H35NO4/c1-6-17(4)13-15(9-11-23-17)18(5,21)14-16(20)22-12-10-19(7-2)8-3/h15,21H,6-14H2,1-5H3. The number of likely N-dealkylation sites (N-methyl/N-ethyl adjacent to an activating group) is 1. The van der Waals surface area contributed by atoms with E-state index < -0.39 is 5.60 Å². The predicted molar refractivity (Wildman–Crippen MR) is 91.4 cm³/mol. The molecule has 0 radical (unpaired) electrons. The molecule has 0 aliphatic carbocycles. The molecule has 1 heterocycles. The zero-order chi connectivity index (χ0) is 17.5. The maximum atomic E-state index is 12.1. The van der Waals surface area contributed by atoms with E-state index >= 15 is 0 Å². The largest absolute Gasteiger partial charge is 0.464 e. The molecule has 0 spiro atoms. The van der Waals surface area contributed by atoms with Crippen molar-refractivity contribution in [2.24, 2.45) is 5.92 Å². The Morgan fingerprint density at radius 1 is 1.39 bits per heavy atom. The first-order valence-corrected chi connectivity index (χ1v) is 9.00. The summed E-state index contributed by atoms with van der Waals surface area (Å²) < 4.78 is 11.1. The van der Waals surface area contributed by atoms with E-state index in [0.717, 1.165) is 38.9 Å². The Bertz CT molecular complexity index is 368. The first-order valence-electron chi connectivity index (χ1n) is 9.00. The van der Waals surface area contributed by atoms with Gasteiger partial charge in [-0.05, 0) is 52.1 Å². The number of ether oxygens (including phenoxy) is 2. The van der Waals surface area contributed by atoms with Gasteiger partial charge in [-0.1, -0.05) is 20.8 Å². The van der Waals surface area contributed by atoms with Crippen LogP contribution in [0.4, 0.5) is 0 Å². The molecule has 1 N–H and O–H groups in total. The third kappa shape index (κ3) is 6.40. The van der Waals surface area contributed by atoms with Crippen LogP contribution in [0.1, 0.15) is 60.3 Å². The second kappa shape index (κ2) is 9.00. The minimum Gasteiger partial charge on any atom is -0.464 e. The molecule has 3 atom stereocenters. The fourth-order valence-corrected chi connectivity index (χ4v) is 3.22. The van der Waals surface area contributed by atoms with E-state index in [0.29, 0.717) is 13.2 Å². The van der Waals surface area contributed by atoms with Crippen LogP contribution in [-0.4, -0.2) is 60.0 Å². The molecule has 0 aromatic rings. The Kier molecular flexibility index (Phi) is 7.98. The van der Waals surface area contributed by atoms with Crippen molar-refractivity contribution in [1.29, 1.82) is 0 Å². The Labute approximate surface area is 141 Å². The van der Waals surface area contributed by atoms with Crippen LogP contribution in [0.3, 0.4) is 0 Å². The molecule has 0 amide bonds. The van der Waals surface area contributed by atoms with Gasteiger partial charge in [0.15, 0.2) is 0 Å². The average Bonchev–Trinajstić information content (AvgIpc) is 2.51. The Morgan fingerprint density at radius 2 is 2.04 bits per heavy atom. The van der Waals surface area contributed by atoms with E-state index in [-0.39, 0.29) is 23.9 Å². The number of carbonyl (C=O) groups excluding carboxylic acids is 1. The van der Waals surface area contributed by atoms with E-state index in [9.17, 15) is 9.90 Å². The average molecular weight is 329 g/mol.